The van der Waals surface area contributed by atoms with E-state index in [0.717, 1.165) is 39.3 Å². The van der Waals surface area contributed by atoms with Gasteiger partial charge in [0.15, 0.2) is 0 Å². The van der Waals surface area contributed by atoms with Crippen molar-refractivity contribution < 1.29 is 9.47 Å². The van der Waals surface area contributed by atoms with Crippen LogP contribution in [0.4, 0.5) is 0 Å². The summed E-state index contributed by atoms with van der Waals surface area (Å²) in [5.74, 6) is 0. The molecular formula is C19H29N3O2. The van der Waals surface area contributed by atoms with Gasteiger partial charge < -0.3 is 14.4 Å². The third-order valence-corrected chi connectivity index (χ3v) is 5.72. The summed E-state index contributed by atoms with van der Waals surface area (Å²) in [6, 6.07) is 4.73. The van der Waals surface area contributed by atoms with Crippen LogP contribution in [0.1, 0.15) is 31.2 Å². The summed E-state index contributed by atoms with van der Waals surface area (Å²) in [6.07, 6.45) is 9.30. The van der Waals surface area contributed by atoms with Gasteiger partial charge in [0, 0.05) is 38.1 Å². The van der Waals surface area contributed by atoms with E-state index in [9.17, 15) is 0 Å². The average Bonchev–Trinajstić information content (AvgIpc) is 3.27. The van der Waals surface area contributed by atoms with Gasteiger partial charge >= 0.3 is 0 Å². The van der Waals surface area contributed by atoms with E-state index in [4.69, 9.17) is 9.47 Å². The molecule has 5 nitrogen and oxygen atoms in total. The monoisotopic (exact) mass is 331 g/mol. The van der Waals surface area contributed by atoms with Crippen LogP contribution in [0, 0.1) is 0 Å². The number of likely N-dealkylation sites (tertiary alicyclic amines) is 1. The van der Waals surface area contributed by atoms with Gasteiger partial charge in [-0.3, -0.25) is 9.88 Å². The largest absolute Gasteiger partial charge is 0.374 e. The highest BCUT2D eigenvalue weighted by atomic mass is 16.5. The van der Waals surface area contributed by atoms with Crippen LogP contribution in [0.25, 0.3) is 0 Å². The molecule has 3 fully saturated rings. The molecular weight excluding hydrogens is 302 g/mol. The molecule has 3 aliphatic rings. The molecule has 1 aromatic rings. The van der Waals surface area contributed by atoms with Crippen LogP contribution in [0.5, 0.6) is 0 Å². The van der Waals surface area contributed by atoms with Crippen LogP contribution in [0.3, 0.4) is 0 Å². The van der Waals surface area contributed by atoms with Gasteiger partial charge in [-0.25, -0.2) is 0 Å². The minimum atomic E-state index is 0.249. The van der Waals surface area contributed by atoms with Gasteiger partial charge in [-0.2, -0.15) is 0 Å². The lowest BCUT2D eigenvalue weighted by Crippen LogP contribution is -2.51. The highest BCUT2D eigenvalue weighted by Gasteiger charge is 2.43. The highest BCUT2D eigenvalue weighted by Crippen LogP contribution is 2.33. The van der Waals surface area contributed by atoms with E-state index >= 15 is 0 Å². The second kappa shape index (κ2) is 7.91. The van der Waals surface area contributed by atoms with Gasteiger partial charge in [0.1, 0.15) is 0 Å². The Balaban J connectivity index is 1.29. The van der Waals surface area contributed by atoms with E-state index in [0.29, 0.717) is 6.04 Å². The summed E-state index contributed by atoms with van der Waals surface area (Å²) in [5, 5.41) is 0. The second-order valence-corrected chi connectivity index (χ2v) is 7.26. The number of hydrogen-bond acceptors (Lipinski definition) is 5. The molecule has 1 aliphatic carbocycles. The Labute approximate surface area is 144 Å². The Morgan fingerprint density at radius 2 is 1.96 bits per heavy atom. The van der Waals surface area contributed by atoms with Crippen molar-refractivity contribution in [1.82, 2.24) is 14.8 Å². The number of fused-ring (bicyclic) bond motifs is 1. The highest BCUT2D eigenvalue weighted by molar-refractivity contribution is 5.10. The molecule has 0 unspecified atom stereocenters. The summed E-state index contributed by atoms with van der Waals surface area (Å²) in [4.78, 5) is 9.21. The number of aromatic nitrogens is 1. The lowest BCUT2D eigenvalue weighted by atomic mass is 10.1. The van der Waals surface area contributed by atoms with E-state index in [1.54, 1.807) is 0 Å². The Hall–Kier alpha value is -1.01. The molecule has 2 saturated heterocycles. The van der Waals surface area contributed by atoms with Crippen LogP contribution >= 0.6 is 0 Å². The van der Waals surface area contributed by atoms with Crippen molar-refractivity contribution in [3.63, 3.8) is 0 Å². The minimum absolute atomic E-state index is 0.249. The molecule has 132 valence electrons. The SMILES string of the molecule is c1cc(CN2CCO[C@@H]3[C@@H](OCCN4CCCC4)CC[C@H]32)ccn1. The zero-order valence-corrected chi connectivity index (χ0v) is 14.5. The maximum atomic E-state index is 6.23. The molecule has 1 saturated carbocycles. The van der Waals surface area contributed by atoms with Gasteiger partial charge in [-0.05, 0) is 56.5 Å². The van der Waals surface area contributed by atoms with Crippen molar-refractivity contribution in [2.75, 3.05) is 39.4 Å². The first-order chi connectivity index (χ1) is 11.9. The average molecular weight is 331 g/mol. The predicted octanol–water partition coefficient (Wildman–Crippen LogP) is 1.93. The zero-order chi connectivity index (χ0) is 16.2. The summed E-state index contributed by atoms with van der Waals surface area (Å²) in [6.45, 7) is 7.25. The number of morpholine rings is 1. The summed E-state index contributed by atoms with van der Waals surface area (Å²) in [5.41, 5.74) is 1.34. The molecule has 3 atom stereocenters. The van der Waals surface area contributed by atoms with Crippen molar-refractivity contribution in [1.29, 1.82) is 0 Å². The quantitative estimate of drug-likeness (QED) is 0.796. The fraction of sp³-hybridized carbons (Fsp3) is 0.737. The molecule has 24 heavy (non-hydrogen) atoms. The minimum Gasteiger partial charge on any atom is -0.374 e. The molecule has 4 rings (SSSR count). The lowest BCUT2D eigenvalue weighted by Gasteiger charge is -2.39. The Morgan fingerprint density at radius 3 is 2.79 bits per heavy atom. The van der Waals surface area contributed by atoms with Crippen LogP contribution in [-0.4, -0.2) is 72.4 Å². The third-order valence-electron chi connectivity index (χ3n) is 5.72. The fourth-order valence-corrected chi connectivity index (χ4v) is 4.43. The normalized spacial score (nSPS) is 31.4. The van der Waals surface area contributed by atoms with Gasteiger partial charge in [0.25, 0.3) is 0 Å². The smallest absolute Gasteiger partial charge is 0.0992 e. The molecule has 3 heterocycles. The number of rotatable bonds is 6. The number of nitrogens with zero attached hydrogens (tertiary/aromatic N) is 3. The van der Waals surface area contributed by atoms with Crippen molar-refractivity contribution in [2.45, 2.75) is 50.5 Å². The molecule has 0 spiro atoms. The van der Waals surface area contributed by atoms with E-state index < -0.39 is 0 Å². The first-order valence-electron chi connectivity index (χ1n) is 9.49. The summed E-state index contributed by atoms with van der Waals surface area (Å²) in [7, 11) is 0. The molecule has 1 aromatic heterocycles. The maximum absolute atomic E-state index is 6.23. The molecule has 5 heteroatoms. The first-order valence-corrected chi connectivity index (χ1v) is 9.49. The van der Waals surface area contributed by atoms with Gasteiger partial charge in [-0.1, -0.05) is 0 Å². The molecule has 0 amide bonds. The Morgan fingerprint density at radius 1 is 1.12 bits per heavy atom. The van der Waals surface area contributed by atoms with Crippen molar-refractivity contribution in [2.24, 2.45) is 0 Å². The van der Waals surface area contributed by atoms with Crippen LogP contribution < -0.4 is 0 Å². The van der Waals surface area contributed by atoms with Gasteiger partial charge in [-0.15, -0.1) is 0 Å². The van der Waals surface area contributed by atoms with E-state index in [1.807, 2.05) is 12.4 Å². The standard InChI is InChI=1S/C19H29N3O2/c1-2-10-21(9-1)11-13-23-18-4-3-17-19(18)24-14-12-22(17)15-16-5-7-20-8-6-16/h5-8,17-19H,1-4,9-15H2/t17-,18+,19+/m1/s1. The Kier molecular flexibility index (Phi) is 5.43. The van der Waals surface area contributed by atoms with Crippen molar-refractivity contribution in [3.05, 3.63) is 30.1 Å². The van der Waals surface area contributed by atoms with E-state index in [-0.39, 0.29) is 12.2 Å². The molecule has 0 N–H and O–H groups in total. The van der Waals surface area contributed by atoms with Crippen LogP contribution in [0.15, 0.2) is 24.5 Å². The number of hydrogen-bond donors (Lipinski definition) is 0. The van der Waals surface area contributed by atoms with Crippen molar-refractivity contribution in [3.8, 4) is 0 Å². The summed E-state index contributed by atoms with van der Waals surface area (Å²) >= 11 is 0. The van der Waals surface area contributed by atoms with E-state index in [1.165, 1.54) is 37.9 Å². The summed E-state index contributed by atoms with van der Waals surface area (Å²) < 4.78 is 12.3. The predicted molar refractivity (Wildman–Crippen MR) is 92.8 cm³/mol. The second-order valence-electron chi connectivity index (χ2n) is 7.26. The van der Waals surface area contributed by atoms with Crippen LogP contribution in [-0.2, 0) is 16.0 Å². The number of ether oxygens (including phenoxy) is 2. The molecule has 0 radical (unpaired) electrons. The lowest BCUT2D eigenvalue weighted by molar-refractivity contribution is -0.116. The molecule has 0 bridgehead atoms. The van der Waals surface area contributed by atoms with Crippen molar-refractivity contribution >= 4 is 0 Å². The molecule has 0 aromatic carbocycles. The third kappa shape index (κ3) is 3.80. The fourth-order valence-electron chi connectivity index (χ4n) is 4.43. The maximum Gasteiger partial charge on any atom is 0.0992 e. The topological polar surface area (TPSA) is 37.8 Å². The number of pyridine rings is 1. The van der Waals surface area contributed by atoms with E-state index in [2.05, 4.69) is 26.9 Å². The first kappa shape index (κ1) is 16.5. The Bertz CT molecular complexity index is 507. The molecule has 2 aliphatic heterocycles. The van der Waals surface area contributed by atoms with Gasteiger partial charge in [0.05, 0.1) is 25.4 Å². The van der Waals surface area contributed by atoms with Gasteiger partial charge in [0.2, 0.25) is 0 Å². The van der Waals surface area contributed by atoms with Crippen LogP contribution in [0.2, 0.25) is 0 Å². The zero-order valence-electron chi connectivity index (χ0n) is 14.5.